The first-order valence-corrected chi connectivity index (χ1v) is 11.4. The molecular formula is C20H22Cl2N2O4S. The Hall–Kier alpha value is -1.96. The Morgan fingerprint density at radius 3 is 2.55 bits per heavy atom. The summed E-state index contributed by atoms with van der Waals surface area (Å²) in [7, 11) is -3.98. The van der Waals surface area contributed by atoms with Gasteiger partial charge in [0.15, 0.2) is 6.61 Å². The molecule has 156 valence electrons. The molecule has 29 heavy (non-hydrogen) atoms. The lowest BCUT2D eigenvalue weighted by Gasteiger charge is -2.17. The molecule has 1 fully saturated rings. The maximum absolute atomic E-state index is 12.9. The number of rotatable bonds is 6. The Bertz CT molecular complexity index is 1010. The number of aryl methyl sites for hydroxylation is 1. The number of hydrogen-bond acceptors (Lipinski definition) is 4. The van der Waals surface area contributed by atoms with Crippen LogP contribution in [0, 0.1) is 13.8 Å². The molecule has 0 atom stereocenters. The molecule has 0 saturated carbocycles. The van der Waals surface area contributed by atoms with Gasteiger partial charge in [-0.2, -0.15) is 0 Å². The predicted octanol–water partition coefficient (Wildman–Crippen LogP) is 4.41. The standard InChI is InChI=1S/C20H22Cl2N2O4S/c1-13-10-17(21)14(2)20(19(13)22)29(26,27)23-15-6-5-7-16(11-15)28-12-18(25)24-8-3-4-9-24/h5-7,10-11,23H,3-4,8-9,12H2,1-2H3. The van der Waals surface area contributed by atoms with Crippen molar-refractivity contribution in [3.63, 3.8) is 0 Å². The van der Waals surface area contributed by atoms with Crippen LogP contribution in [0.15, 0.2) is 35.2 Å². The van der Waals surface area contributed by atoms with Gasteiger partial charge in [-0.1, -0.05) is 29.3 Å². The highest BCUT2D eigenvalue weighted by Crippen LogP contribution is 2.34. The average Bonchev–Trinajstić information content (AvgIpc) is 3.19. The lowest BCUT2D eigenvalue weighted by molar-refractivity contribution is -0.132. The molecule has 3 rings (SSSR count). The van der Waals surface area contributed by atoms with Crippen LogP contribution in [0.5, 0.6) is 5.75 Å². The van der Waals surface area contributed by atoms with Crippen molar-refractivity contribution >= 4 is 44.8 Å². The zero-order valence-electron chi connectivity index (χ0n) is 16.2. The van der Waals surface area contributed by atoms with E-state index in [-0.39, 0.29) is 22.4 Å². The molecule has 1 saturated heterocycles. The van der Waals surface area contributed by atoms with Crippen LogP contribution in [-0.2, 0) is 14.8 Å². The molecule has 0 aliphatic carbocycles. The van der Waals surface area contributed by atoms with E-state index in [2.05, 4.69) is 4.72 Å². The van der Waals surface area contributed by atoms with Crippen LogP contribution < -0.4 is 9.46 Å². The third kappa shape index (κ3) is 4.97. The SMILES string of the molecule is Cc1cc(Cl)c(C)c(S(=O)(=O)Nc2cccc(OCC(=O)N3CCCC3)c2)c1Cl. The van der Waals surface area contributed by atoms with Crippen molar-refractivity contribution in [3.8, 4) is 5.75 Å². The molecule has 1 amide bonds. The second-order valence-electron chi connectivity index (χ2n) is 6.95. The molecule has 0 radical (unpaired) electrons. The summed E-state index contributed by atoms with van der Waals surface area (Å²) in [5, 5.41) is 0.452. The molecule has 0 unspecified atom stereocenters. The number of halogens is 2. The zero-order chi connectivity index (χ0) is 21.2. The molecular weight excluding hydrogens is 435 g/mol. The number of nitrogens with zero attached hydrogens (tertiary/aromatic N) is 1. The molecule has 2 aromatic rings. The number of ether oxygens (including phenoxy) is 1. The quantitative estimate of drug-likeness (QED) is 0.697. The third-order valence-corrected chi connectivity index (χ3v) is 7.31. The van der Waals surface area contributed by atoms with Crippen molar-refractivity contribution < 1.29 is 17.9 Å². The van der Waals surface area contributed by atoms with Crippen LogP contribution in [0.1, 0.15) is 24.0 Å². The molecule has 6 nitrogen and oxygen atoms in total. The first-order valence-electron chi connectivity index (χ1n) is 9.17. The first kappa shape index (κ1) is 21.7. The van der Waals surface area contributed by atoms with Gasteiger partial charge in [-0.15, -0.1) is 0 Å². The normalized spacial score (nSPS) is 14.1. The van der Waals surface area contributed by atoms with E-state index >= 15 is 0 Å². The Morgan fingerprint density at radius 1 is 1.17 bits per heavy atom. The van der Waals surface area contributed by atoms with E-state index in [0.717, 1.165) is 25.9 Å². The van der Waals surface area contributed by atoms with Crippen LogP contribution in [0.3, 0.4) is 0 Å². The summed E-state index contributed by atoms with van der Waals surface area (Å²) >= 11 is 12.4. The molecule has 1 aliphatic rings. The minimum atomic E-state index is -3.98. The Morgan fingerprint density at radius 2 is 1.86 bits per heavy atom. The summed E-state index contributed by atoms with van der Waals surface area (Å²) in [5.74, 6) is 0.313. The minimum Gasteiger partial charge on any atom is -0.484 e. The summed E-state index contributed by atoms with van der Waals surface area (Å²) in [5.41, 5.74) is 1.24. The van der Waals surface area contributed by atoms with Crippen molar-refractivity contribution in [3.05, 3.63) is 51.5 Å². The van der Waals surface area contributed by atoms with Crippen LogP contribution in [0.25, 0.3) is 0 Å². The number of nitrogens with one attached hydrogen (secondary N) is 1. The fraction of sp³-hybridized carbons (Fsp3) is 0.350. The molecule has 1 heterocycles. The van der Waals surface area contributed by atoms with Crippen LogP contribution in [-0.4, -0.2) is 38.9 Å². The van der Waals surface area contributed by atoms with E-state index in [1.165, 1.54) is 6.07 Å². The monoisotopic (exact) mass is 456 g/mol. The summed E-state index contributed by atoms with van der Waals surface area (Å²) < 4.78 is 33.9. The maximum Gasteiger partial charge on any atom is 0.263 e. The molecule has 1 N–H and O–H groups in total. The van der Waals surface area contributed by atoms with E-state index in [1.54, 1.807) is 43.0 Å². The molecule has 9 heteroatoms. The number of benzene rings is 2. The van der Waals surface area contributed by atoms with Gasteiger partial charge in [0.2, 0.25) is 0 Å². The second-order valence-corrected chi connectivity index (χ2v) is 9.36. The van der Waals surface area contributed by atoms with E-state index < -0.39 is 10.0 Å². The molecule has 1 aliphatic heterocycles. The van der Waals surface area contributed by atoms with E-state index in [0.29, 0.717) is 27.6 Å². The highest BCUT2D eigenvalue weighted by atomic mass is 35.5. The van der Waals surface area contributed by atoms with Gasteiger partial charge in [-0.25, -0.2) is 8.42 Å². The average molecular weight is 457 g/mol. The van der Waals surface area contributed by atoms with Gasteiger partial charge in [0, 0.05) is 24.2 Å². The second kappa shape index (κ2) is 8.81. The highest BCUT2D eigenvalue weighted by molar-refractivity contribution is 7.93. The fourth-order valence-corrected chi connectivity index (χ4v) is 5.46. The van der Waals surface area contributed by atoms with Gasteiger partial charge >= 0.3 is 0 Å². The number of amides is 1. The number of carbonyl (C=O) groups is 1. The Balaban J connectivity index is 1.77. The topological polar surface area (TPSA) is 75.7 Å². The van der Waals surface area contributed by atoms with E-state index in [1.807, 2.05) is 0 Å². The van der Waals surface area contributed by atoms with Crippen molar-refractivity contribution in [1.29, 1.82) is 0 Å². The smallest absolute Gasteiger partial charge is 0.263 e. The lowest BCUT2D eigenvalue weighted by Crippen LogP contribution is -2.32. The number of sulfonamides is 1. The summed E-state index contributed by atoms with van der Waals surface area (Å²) in [6.07, 6.45) is 2.02. The molecule has 0 spiro atoms. The number of hydrogen-bond donors (Lipinski definition) is 1. The Labute approximate surface area is 180 Å². The van der Waals surface area contributed by atoms with E-state index in [4.69, 9.17) is 27.9 Å². The summed E-state index contributed by atoms with van der Waals surface area (Å²) in [4.78, 5) is 13.8. The van der Waals surface area contributed by atoms with Crippen molar-refractivity contribution in [1.82, 2.24) is 4.90 Å². The lowest BCUT2D eigenvalue weighted by atomic mass is 10.2. The number of carbonyl (C=O) groups excluding carboxylic acids is 1. The van der Waals surface area contributed by atoms with Gasteiger partial charge in [0.25, 0.3) is 15.9 Å². The van der Waals surface area contributed by atoms with Gasteiger partial charge in [0.05, 0.1) is 10.7 Å². The third-order valence-electron chi connectivity index (χ3n) is 4.76. The van der Waals surface area contributed by atoms with E-state index in [9.17, 15) is 13.2 Å². The number of anilines is 1. The minimum absolute atomic E-state index is 0.0558. The Kier molecular flexibility index (Phi) is 6.61. The van der Waals surface area contributed by atoms with Gasteiger partial charge in [0.1, 0.15) is 10.6 Å². The van der Waals surface area contributed by atoms with Crippen molar-refractivity contribution in [2.45, 2.75) is 31.6 Å². The van der Waals surface area contributed by atoms with Gasteiger partial charge in [-0.3, -0.25) is 9.52 Å². The molecule has 2 aromatic carbocycles. The predicted molar refractivity (Wildman–Crippen MR) is 114 cm³/mol. The number of likely N-dealkylation sites (tertiary alicyclic amines) is 1. The van der Waals surface area contributed by atoms with Crippen molar-refractivity contribution in [2.24, 2.45) is 0 Å². The summed E-state index contributed by atoms with van der Waals surface area (Å²) in [6, 6.07) is 8.05. The highest BCUT2D eigenvalue weighted by Gasteiger charge is 2.24. The van der Waals surface area contributed by atoms with Gasteiger partial charge < -0.3 is 9.64 Å². The van der Waals surface area contributed by atoms with Crippen LogP contribution >= 0.6 is 23.2 Å². The fourth-order valence-electron chi connectivity index (χ4n) is 3.19. The first-order chi connectivity index (χ1) is 13.7. The largest absolute Gasteiger partial charge is 0.484 e. The molecule has 0 aromatic heterocycles. The zero-order valence-corrected chi connectivity index (χ0v) is 18.5. The molecule has 0 bridgehead atoms. The maximum atomic E-state index is 12.9. The van der Waals surface area contributed by atoms with Gasteiger partial charge in [-0.05, 0) is 56.0 Å². The van der Waals surface area contributed by atoms with Crippen molar-refractivity contribution in [2.75, 3.05) is 24.4 Å². The summed E-state index contributed by atoms with van der Waals surface area (Å²) in [6.45, 7) is 4.71. The van der Waals surface area contributed by atoms with Crippen LogP contribution in [0.4, 0.5) is 5.69 Å². The van der Waals surface area contributed by atoms with Crippen LogP contribution in [0.2, 0.25) is 10.0 Å².